The van der Waals surface area contributed by atoms with E-state index in [1.54, 1.807) is 10.1 Å². The monoisotopic (exact) mass is 707 g/mol. The molecule has 4 heterocycles. The molecule has 2 aromatic rings. The van der Waals surface area contributed by atoms with Crippen LogP contribution in [-0.2, 0) is 41.6 Å². The summed E-state index contributed by atoms with van der Waals surface area (Å²) in [7, 11) is 3.93. The molecule has 1 saturated carbocycles. The number of rotatable bonds is 15. The van der Waals surface area contributed by atoms with E-state index in [9.17, 15) is 19.2 Å². The van der Waals surface area contributed by atoms with E-state index in [0.29, 0.717) is 46.0 Å². The van der Waals surface area contributed by atoms with Crippen molar-refractivity contribution in [3.63, 3.8) is 0 Å². The zero-order valence-corrected chi connectivity index (χ0v) is 29.2. The van der Waals surface area contributed by atoms with Crippen LogP contribution in [0.15, 0.2) is 21.8 Å². The smallest absolute Gasteiger partial charge is 0.358 e. The summed E-state index contributed by atoms with van der Waals surface area (Å²) in [5, 5.41) is 17.0. The molecular formula is C29H41N9O6S3. The highest BCUT2D eigenvalue weighted by molar-refractivity contribution is 8.01. The van der Waals surface area contributed by atoms with E-state index in [0.717, 1.165) is 38.6 Å². The second-order valence-electron chi connectivity index (χ2n) is 11.9. The summed E-state index contributed by atoms with van der Waals surface area (Å²) in [5.41, 5.74) is 7.00. The predicted octanol–water partition coefficient (Wildman–Crippen LogP) is 2.06. The number of tetrazole rings is 1. The average molecular weight is 708 g/mol. The number of carbonyl (C=O) groups excluding carboxylic acids is 4. The van der Waals surface area contributed by atoms with Gasteiger partial charge in [-0.3, -0.25) is 19.3 Å². The van der Waals surface area contributed by atoms with Gasteiger partial charge in [0.1, 0.15) is 17.1 Å². The Bertz CT molecular complexity index is 1470. The molecule has 256 valence electrons. The van der Waals surface area contributed by atoms with E-state index in [4.69, 9.17) is 15.2 Å². The third-order valence-corrected chi connectivity index (χ3v) is 11.2. The Balaban J connectivity index is 1.36. The number of esters is 2. The number of hydrogen-bond donors (Lipinski definition) is 2. The van der Waals surface area contributed by atoms with Crippen molar-refractivity contribution >= 4 is 63.7 Å². The van der Waals surface area contributed by atoms with Gasteiger partial charge in [-0.15, -0.1) is 28.2 Å². The molecule has 5 rings (SSSR count). The fourth-order valence-electron chi connectivity index (χ4n) is 5.64. The molecule has 3 N–H and O–H groups in total. The van der Waals surface area contributed by atoms with Crippen molar-refractivity contribution in [2.75, 3.05) is 37.9 Å². The number of likely N-dealkylation sites (N-methyl/N-ethyl adjacent to an activating group) is 1. The minimum atomic E-state index is -1.05. The second kappa shape index (κ2) is 16.3. The zero-order chi connectivity index (χ0) is 33.5. The number of nitrogens with zero attached hydrogens (tertiary/aromatic N) is 7. The lowest BCUT2D eigenvalue weighted by atomic mass is 9.88. The summed E-state index contributed by atoms with van der Waals surface area (Å²) < 4.78 is 13.4. The van der Waals surface area contributed by atoms with Gasteiger partial charge in [0, 0.05) is 35.8 Å². The molecule has 0 bridgehead atoms. The van der Waals surface area contributed by atoms with Gasteiger partial charge in [0.25, 0.3) is 12.2 Å². The van der Waals surface area contributed by atoms with Crippen LogP contribution in [0.1, 0.15) is 57.6 Å². The SMILES string of the molecule is CCCC(=O)OC(OC(=O)C1=C(CSc2nnnn2CCN(C)C)CS[C@@H]2C(NC(=O)Cc3csc(N)n3)C(=O)N12)C1CCCCC1. The molecule has 0 radical (unpaired) electrons. The Hall–Kier alpha value is -3.22. The quantitative estimate of drug-likeness (QED) is 0.118. The molecule has 18 heteroatoms. The Morgan fingerprint density at radius 3 is 2.70 bits per heavy atom. The van der Waals surface area contributed by atoms with Crippen LogP contribution in [-0.4, -0.2) is 109 Å². The summed E-state index contributed by atoms with van der Waals surface area (Å²) >= 11 is 4.05. The Kier molecular flexibility index (Phi) is 12.1. The molecule has 2 aliphatic heterocycles. The van der Waals surface area contributed by atoms with Crippen LogP contribution in [0, 0.1) is 5.92 Å². The van der Waals surface area contributed by atoms with Gasteiger partial charge in [0.05, 0.1) is 18.7 Å². The molecule has 2 amide bonds. The Labute approximate surface area is 285 Å². The second-order valence-corrected chi connectivity index (χ2v) is 14.9. The number of amides is 2. The minimum Gasteiger partial charge on any atom is -0.425 e. The number of anilines is 1. The molecule has 3 aliphatic rings. The number of aromatic nitrogens is 5. The lowest BCUT2D eigenvalue weighted by Gasteiger charge is -2.50. The molecule has 2 fully saturated rings. The number of ether oxygens (including phenoxy) is 2. The molecule has 0 spiro atoms. The van der Waals surface area contributed by atoms with Crippen LogP contribution in [0.25, 0.3) is 0 Å². The van der Waals surface area contributed by atoms with Gasteiger partial charge < -0.3 is 25.4 Å². The maximum atomic E-state index is 14.1. The van der Waals surface area contributed by atoms with Gasteiger partial charge in [-0.2, -0.15) is 0 Å². The van der Waals surface area contributed by atoms with Gasteiger partial charge in [0.2, 0.25) is 11.1 Å². The van der Waals surface area contributed by atoms with E-state index in [2.05, 4.69) is 25.8 Å². The van der Waals surface area contributed by atoms with Gasteiger partial charge in [-0.25, -0.2) is 14.5 Å². The molecule has 47 heavy (non-hydrogen) atoms. The molecular weight excluding hydrogens is 667 g/mol. The fourth-order valence-corrected chi connectivity index (χ4v) is 8.59. The fraction of sp³-hybridized carbons (Fsp3) is 0.655. The van der Waals surface area contributed by atoms with E-state index >= 15 is 0 Å². The summed E-state index contributed by atoms with van der Waals surface area (Å²) in [6.45, 7) is 3.20. The van der Waals surface area contributed by atoms with Crippen molar-refractivity contribution in [3.05, 3.63) is 22.3 Å². The zero-order valence-electron chi connectivity index (χ0n) is 26.8. The molecule has 3 atom stereocenters. The molecule has 1 saturated heterocycles. The molecule has 2 unspecified atom stereocenters. The maximum Gasteiger partial charge on any atom is 0.358 e. The molecule has 1 aliphatic carbocycles. The third-order valence-electron chi connectivity index (χ3n) is 8.06. The first-order chi connectivity index (χ1) is 22.6. The van der Waals surface area contributed by atoms with Crippen LogP contribution >= 0.6 is 34.9 Å². The van der Waals surface area contributed by atoms with Gasteiger partial charge in [-0.05, 0) is 49.4 Å². The highest BCUT2D eigenvalue weighted by atomic mass is 32.2. The topological polar surface area (TPSA) is 188 Å². The third kappa shape index (κ3) is 8.83. The van der Waals surface area contributed by atoms with E-state index in [-0.39, 0.29) is 30.4 Å². The first-order valence-corrected chi connectivity index (χ1v) is 18.7. The van der Waals surface area contributed by atoms with Crippen molar-refractivity contribution in [1.82, 2.24) is 40.3 Å². The van der Waals surface area contributed by atoms with Gasteiger partial charge in [0.15, 0.2) is 5.13 Å². The number of thioether (sulfide) groups is 2. The average Bonchev–Trinajstić information content (AvgIpc) is 3.68. The van der Waals surface area contributed by atoms with Crippen molar-refractivity contribution in [2.45, 2.75) is 87.7 Å². The summed E-state index contributed by atoms with van der Waals surface area (Å²) in [4.78, 5) is 60.6. The van der Waals surface area contributed by atoms with Crippen molar-refractivity contribution < 1.29 is 28.7 Å². The maximum absolute atomic E-state index is 14.1. The minimum absolute atomic E-state index is 0.0176. The van der Waals surface area contributed by atoms with Crippen LogP contribution in [0.5, 0.6) is 0 Å². The van der Waals surface area contributed by atoms with E-state index in [1.165, 1.54) is 39.8 Å². The predicted molar refractivity (Wildman–Crippen MR) is 177 cm³/mol. The van der Waals surface area contributed by atoms with Crippen LogP contribution in [0.4, 0.5) is 5.13 Å². The lowest BCUT2D eigenvalue weighted by molar-refractivity contribution is -0.199. The number of fused-ring (bicyclic) bond motifs is 1. The van der Waals surface area contributed by atoms with Crippen LogP contribution in [0.2, 0.25) is 0 Å². The van der Waals surface area contributed by atoms with Crippen molar-refractivity contribution in [2.24, 2.45) is 5.92 Å². The summed E-state index contributed by atoms with van der Waals surface area (Å²) in [5.74, 6) is -1.34. The summed E-state index contributed by atoms with van der Waals surface area (Å²) in [6.07, 6.45) is 4.28. The highest BCUT2D eigenvalue weighted by Crippen LogP contribution is 2.42. The van der Waals surface area contributed by atoms with Crippen molar-refractivity contribution in [3.8, 4) is 0 Å². The number of nitrogens with one attached hydrogen (secondary N) is 1. The van der Waals surface area contributed by atoms with E-state index < -0.39 is 35.6 Å². The molecule has 15 nitrogen and oxygen atoms in total. The first-order valence-electron chi connectivity index (χ1n) is 15.7. The lowest BCUT2D eigenvalue weighted by Crippen LogP contribution is -2.70. The Morgan fingerprint density at radius 1 is 1.21 bits per heavy atom. The number of carbonyl (C=O) groups is 4. The number of nitrogen functional groups attached to an aromatic ring is 1. The largest absolute Gasteiger partial charge is 0.425 e. The number of nitrogens with two attached hydrogens (primary N) is 1. The number of β-lactam (4-membered cyclic amide) rings is 1. The Morgan fingerprint density at radius 2 is 2.00 bits per heavy atom. The van der Waals surface area contributed by atoms with Gasteiger partial charge in [-0.1, -0.05) is 37.9 Å². The van der Waals surface area contributed by atoms with Crippen LogP contribution < -0.4 is 11.1 Å². The first kappa shape index (κ1) is 35.1. The summed E-state index contributed by atoms with van der Waals surface area (Å²) in [6, 6.07) is -0.824. The standard InChI is InChI=1S/C29H41N9O6S3/c1-4-8-21(40)43-27(17-9-6-5-7-10-17)44-26(42)23-18(15-47-29-33-34-35-37(29)12-11-36(2)3)14-45-25-22(24(41)38(23)25)32-20(39)13-19-16-46-28(30)31-19/h16-17,22,25,27H,4-15H2,1-3H3,(H2,30,31)(H,32,39)/t22?,25-,27?/m1/s1. The number of thiazole rings is 1. The van der Waals surface area contributed by atoms with Crippen molar-refractivity contribution in [1.29, 1.82) is 0 Å². The number of hydrogen-bond acceptors (Lipinski definition) is 15. The van der Waals surface area contributed by atoms with Gasteiger partial charge >= 0.3 is 11.9 Å². The normalized spacial score (nSPS) is 20.5. The molecule has 2 aromatic heterocycles. The molecule has 0 aromatic carbocycles. The van der Waals surface area contributed by atoms with E-state index in [1.807, 2.05) is 25.9 Å². The highest BCUT2D eigenvalue weighted by Gasteiger charge is 2.54. The van der Waals surface area contributed by atoms with Crippen LogP contribution in [0.3, 0.4) is 0 Å².